The van der Waals surface area contributed by atoms with Crippen LogP contribution in [0.4, 0.5) is 5.69 Å². The number of nitro groups is 1. The summed E-state index contributed by atoms with van der Waals surface area (Å²) in [7, 11) is 0. The lowest BCUT2D eigenvalue weighted by Crippen LogP contribution is -1.87. The molecule has 0 heterocycles. The molecule has 98 valence electrons. The van der Waals surface area contributed by atoms with Crippen molar-refractivity contribution in [3.05, 3.63) is 64.2 Å². The highest BCUT2D eigenvalue weighted by Gasteiger charge is 2.05. The van der Waals surface area contributed by atoms with Crippen LogP contribution in [0.3, 0.4) is 0 Å². The zero-order valence-electron chi connectivity index (χ0n) is 10.9. The van der Waals surface area contributed by atoms with Crippen molar-refractivity contribution in [2.75, 3.05) is 0 Å². The van der Waals surface area contributed by atoms with E-state index in [1.807, 2.05) is 0 Å². The molecule has 0 amide bonds. The minimum Gasteiger partial charge on any atom is -0.258 e. The zero-order valence-corrected chi connectivity index (χ0v) is 11.7. The van der Waals surface area contributed by atoms with Gasteiger partial charge in [0.15, 0.2) is 0 Å². The highest BCUT2D eigenvalue weighted by molar-refractivity contribution is 7.99. The van der Waals surface area contributed by atoms with Crippen LogP contribution in [0.25, 0.3) is 0 Å². The first-order chi connectivity index (χ1) is 9.06. The van der Waals surface area contributed by atoms with E-state index in [-0.39, 0.29) is 10.6 Å². The van der Waals surface area contributed by atoms with Gasteiger partial charge in [0.05, 0.1) is 4.92 Å². The number of rotatable bonds is 4. The molecular formula is C15H15NO2S. The number of hydrogen-bond donors (Lipinski definition) is 0. The highest BCUT2D eigenvalue weighted by Crippen LogP contribution is 2.29. The van der Waals surface area contributed by atoms with Crippen molar-refractivity contribution in [3.8, 4) is 0 Å². The molecule has 4 heteroatoms. The smallest absolute Gasteiger partial charge is 0.258 e. The Kier molecular flexibility index (Phi) is 4.22. The van der Waals surface area contributed by atoms with Crippen molar-refractivity contribution < 1.29 is 4.92 Å². The molecule has 0 aliphatic rings. The quantitative estimate of drug-likeness (QED) is 0.589. The fourth-order valence-corrected chi connectivity index (χ4v) is 2.51. The molecule has 0 saturated heterocycles. The normalized spacial score (nSPS) is 10.7. The molecule has 0 atom stereocenters. The molecule has 0 N–H and O–H groups in total. The third kappa shape index (κ3) is 3.58. The topological polar surface area (TPSA) is 43.1 Å². The van der Waals surface area contributed by atoms with E-state index in [4.69, 9.17) is 0 Å². The van der Waals surface area contributed by atoms with Gasteiger partial charge in [-0.1, -0.05) is 37.7 Å². The maximum absolute atomic E-state index is 10.6. The lowest BCUT2D eigenvalue weighted by atomic mass is 10.0. The largest absolute Gasteiger partial charge is 0.269 e. The Balaban J connectivity index is 2.10. The Bertz CT molecular complexity index is 562. The predicted molar refractivity (Wildman–Crippen MR) is 77.8 cm³/mol. The Morgan fingerprint density at radius 1 is 0.947 bits per heavy atom. The number of nitrogens with zero attached hydrogens (tertiary/aromatic N) is 1. The van der Waals surface area contributed by atoms with E-state index >= 15 is 0 Å². The van der Waals surface area contributed by atoms with Gasteiger partial charge in [-0.05, 0) is 35.7 Å². The van der Waals surface area contributed by atoms with Gasteiger partial charge in [0, 0.05) is 21.9 Å². The first kappa shape index (κ1) is 13.6. The monoisotopic (exact) mass is 273 g/mol. The molecule has 2 aromatic rings. The minimum absolute atomic E-state index is 0.125. The van der Waals surface area contributed by atoms with E-state index in [0.29, 0.717) is 5.92 Å². The van der Waals surface area contributed by atoms with E-state index < -0.39 is 0 Å². The predicted octanol–water partition coefficient (Wildman–Crippen LogP) is 4.87. The van der Waals surface area contributed by atoms with Crippen LogP contribution in [0.15, 0.2) is 58.3 Å². The van der Waals surface area contributed by atoms with Crippen LogP contribution in [0.1, 0.15) is 25.3 Å². The standard InChI is InChI=1S/C15H15NO2S/c1-11(2)12-3-7-14(8-4-12)19-15-9-5-13(6-10-15)16(17)18/h3-11H,1-2H3. The zero-order chi connectivity index (χ0) is 13.8. The van der Waals surface area contributed by atoms with Gasteiger partial charge in [0.25, 0.3) is 5.69 Å². The fourth-order valence-electron chi connectivity index (χ4n) is 1.69. The maximum atomic E-state index is 10.6. The lowest BCUT2D eigenvalue weighted by molar-refractivity contribution is -0.384. The van der Waals surface area contributed by atoms with Gasteiger partial charge >= 0.3 is 0 Å². The second kappa shape index (κ2) is 5.89. The van der Waals surface area contributed by atoms with E-state index in [1.165, 1.54) is 17.7 Å². The summed E-state index contributed by atoms with van der Waals surface area (Å²) < 4.78 is 0. The second-order valence-corrected chi connectivity index (χ2v) is 5.72. The Labute approximate surface area is 116 Å². The van der Waals surface area contributed by atoms with E-state index in [0.717, 1.165) is 9.79 Å². The summed E-state index contributed by atoms with van der Waals surface area (Å²) in [4.78, 5) is 12.3. The van der Waals surface area contributed by atoms with Gasteiger partial charge in [-0.15, -0.1) is 0 Å². The van der Waals surface area contributed by atoms with Gasteiger partial charge < -0.3 is 0 Å². The van der Waals surface area contributed by atoms with Crippen molar-refractivity contribution in [1.82, 2.24) is 0 Å². The third-order valence-corrected chi connectivity index (χ3v) is 3.85. The molecule has 0 unspecified atom stereocenters. The fraction of sp³-hybridized carbons (Fsp3) is 0.200. The average Bonchev–Trinajstić information content (AvgIpc) is 2.40. The molecule has 0 spiro atoms. The molecule has 0 fully saturated rings. The summed E-state index contributed by atoms with van der Waals surface area (Å²) in [6.07, 6.45) is 0. The first-order valence-electron chi connectivity index (χ1n) is 6.08. The summed E-state index contributed by atoms with van der Waals surface area (Å²) in [5.41, 5.74) is 1.44. The van der Waals surface area contributed by atoms with Crippen LogP contribution in [0.5, 0.6) is 0 Å². The van der Waals surface area contributed by atoms with Crippen molar-refractivity contribution in [1.29, 1.82) is 0 Å². The Morgan fingerprint density at radius 3 is 1.84 bits per heavy atom. The van der Waals surface area contributed by atoms with E-state index in [1.54, 1.807) is 23.9 Å². The van der Waals surface area contributed by atoms with Crippen LogP contribution in [-0.2, 0) is 0 Å². The number of benzene rings is 2. The van der Waals surface area contributed by atoms with Crippen molar-refractivity contribution >= 4 is 17.4 Å². The van der Waals surface area contributed by atoms with Gasteiger partial charge in [0.1, 0.15) is 0 Å². The molecule has 0 saturated carbocycles. The molecule has 3 nitrogen and oxygen atoms in total. The molecule has 0 aliphatic heterocycles. The maximum Gasteiger partial charge on any atom is 0.269 e. The van der Waals surface area contributed by atoms with E-state index in [9.17, 15) is 10.1 Å². The number of nitro benzene ring substituents is 1. The highest BCUT2D eigenvalue weighted by atomic mass is 32.2. The van der Waals surface area contributed by atoms with Gasteiger partial charge in [-0.2, -0.15) is 0 Å². The Morgan fingerprint density at radius 2 is 1.42 bits per heavy atom. The van der Waals surface area contributed by atoms with Crippen molar-refractivity contribution in [3.63, 3.8) is 0 Å². The van der Waals surface area contributed by atoms with Gasteiger partial charge in [0.2, 0.25) is 0 Å². The van der Waals surface area contributed by atoms with E-state index in [2.05, 4.69) is 38.1 Å². The molecule has 0 aliphatic carbocycles. The second-order valence-electron chi connectivity index (χ2n) is 4.58. The van der Waals surface area contributed by atoms with Gasteiger partial charge in [-0.25, -0.2) is 0 Å². The van der Waals surface area contributed by atoms with Crippen LogP contribution >= 0.6 is 11.8 Å². The molecule has 0 bridgehead atoms. The van der Waals surface area contributed by atoms with Crippen LogP contribution in [-0.4, -0.2) is 4.92 Å². The summed E-state index contributed by atoms with van der Waals surface area (Å²) >= 11 is 1.61. The SMILES string of the molecule is CC(C)c1ccc(Sc2ccc([N+](=O)[O-])cc2)cc1. The minimum atomic E-state index is -0.383. The van der Waals surface area contributed by atoms with Crippen molar-refractivity contribution in [2.45, 2.75) is 29.6 Å². The molecule has 2 rings (SSSR count). The Hall–Kier alpha value is -1.81. The van der Waals surface area contributed by atoms with Crippen molar-refractivity contribution in [2.24, 2.45) is 0 Å². The molecule has 19 heavy (non-hydrogen) atoms. The van der Waals surface area contributed by atoms with Gasteiger partial charge in [-0.3, -0.25) is 10.1 Å². The van der Waals surface area contributed by atoms with Crippen LogP contribution in [0.2, 0.25) is 0 Å². The first-order valence-corrected chi connectivity index (χ1v) is 6.90. The summed E-state index contributed by atoms with van der Waals surface area (Å²) in [5, 5.41) is 10.6. The third-order valence-electron chi connectivity index (χ3n) is 2.83. The number of non-ortho nitro benzene ring substituents is 1. The summed E-state index contributed by atoms with van der Waals surface area (Å²) in [5.74, 6) is 0.526. The summed E-state index contributed by atoms with van der Waals surface area (Å²) in [6, 6.07) is 15.0. The molecule has 0 radical (unpaired) electrons. The van der Waals surface area contributed by atoms with Crippen LogP contribution in [0, 0.1) is 10.1 Å². The molecular weight excluding hydrogens is 258 g/mol. The van der Waals surface area contributed by atoms with Crippen LogP contribution < -0.4 is 0 Å². The lowest BCUT2D eigenvalue weighted by Gasteiger charge is -2.06. The molecule has 2 aromatic carbocycles. The summed E-state index contributed by atoms with van der Waals surface area (Å²) in [6.45, 7) is 4.33. The number of hydrogen-bond acceptors (Lipinski definition) is 3. The average molecular weight is 273 g/mol. The molecule has 0 aromatic heterocycles.